The Bertz CT molecular complexity index is 502. The van der Waals surface area contributed by atoms with Crippen LogP contribution in [0.25, 0.3) is 11.1 Å². The summed E-state index contributed by atoms with van der Waals surface area (Å²) in [6.45, 7) is 3.03. The zero-order valence-corrected chi connectivity index (χ0v) is 12.0. The Morgan fingerprint density at radius 2 is 1.47 bits per heavy atom. The summed E-state index contributed by atoms with van der Waals surface area (Å²) in [4.78, 5) is 0. The molecule has 0 saturated carbocycles. The van der Waals surface area contributed by atoms with Gasteiger partial charge in [0.25, 0.3) is 0 Å². The van der Waals surface area contributed by atoms with Crippen LogP contribution in [0, 0.1) is 0 Å². The summed E-state index contributed by atoms with van der Waals surface area (Å²) in [5.41, 5.74) is 9.36. The molecule has 2 aromatic rings. The average molecular weight is 274 g/mol. The second-order valence-electron chi connectivity index (χ2n) is 4.96. The number of hydrogen-bond donors (Lipinski definition) is 1. The number of benzene rings is 2. The molecule has 19 heavy (non-hydrogen) atoms. The summed E-state index contributed by atoms with van der Waals surface area (Å²) in [7, 11) is 0. The number of nitrogens with two attached hydrogens (primary N) is 1. The van der Waals surface area contributed by atoms with E-state index in [1.165, 1.54) is 16.7 Å². The molecule has 2 aromatic carbocycles. The molecule has 2 rings (SSSR count). The van der Waals surface area contributed by atoms with Crippen molar-refractivity contribution in [1.29, 1.82) is 0 Å². The minimum absolute atomic E-state index is 0.572. The van der Waals surface area contributed by atoms with Crippen molar-refractivity contribution in [2.45, 2.75) is 25.7 Å². The van der Waals surface area contributed by atoms with E-state index in [1.807, 2.05) is 12.1 Å². The maximum absolute atomic E-state index is 5.90. The summed E-state index contributed by atoms with van der Waals surface area (Å²) in [6, 6.07) is 16.7. The molecular formula is C17H20ClN. The van der Waals surface area contributed by atoms with Crippen LogP contribution < -0.4 is 5.73 Å². The SMILES string of the molecule is CC(CCCN)c1ccc(-c2ccc(Cl)cc2)cc1. The van der Waals surface area contributed by atoms with E-state index in [-0.39, 0.29) is 0 Å². The Morgan fingerprint density at radius 1 is 0.947 bits per heavy atom. The number of halogens is 1. The first-order valence-electron chi connectivity index (χ1n) is 6.76. The van der Waals surface area contributed by atoms with Crippen LogP contribution in [0.3, 0.4) is 0 Å². The van der Waals surface area contributed by atoms with E-state index < -0.39 is 0 Å². The highest BCUT2D eigenvalue weighted by atomic mass is 35.5. The van der Waals surface area contributed by atoms with Gasteiger partial charge in [-0.1, -0.05) is 54.9 Å². The minimum Gasteiger partial charge on any atom is -0.330 e. The molecule has 2 heteroatoms. The summed E-state index contributed by atoms with van der Waals surface area (Å²) in [6.07, 6.45) is 2.23. The molecule has 0 fully saturated rings. The molecule has 0 spiro atoms. The van der Waals surface area contributed by atoms with Crippen LogP contribution in [-0.4, -0.2) is 6.54 Å². The van der Waals surface area contributed by atoms with Gasteiger partial charge in [-0.25, -0.2) is 0 Å². The van der Waals surface area contributed by atoms with Crippen molar-refractivity contribution < 1.29 is 0 Å². The standard InChI is InChI=1S/C17H20ClN/c1-13(3-2-12-19)14-4-6-15(7-5-14)16-8-10-17(18)11-9-16/h4-11,13H,2-3,12,19H2,1H3. The van der Waals surface area contributed by atoms with Gasteiger partial charge in [0.15, 0.2) is 0 Å². The first-order valence-corrected chi connectivity index (χ1v) is 7.14. The average Bonchev–Trinajstić information content (AvgIpc) is 2.46. The lowest BCUT2D eigenvalue weighted by Gasteiger charge is -2.12. The topological polar surface area (TPSA) is 26.0 Å². The fourth-order valence-electron chi connectivity index (χ4n) is 2.24. The van der Waals surface area contributed by atoms with Crippen molar-refractivity contribution in [3.8, 4) is 11.1 Å². The normalized spacial score (nSPS) is 12.4. The van der Waals surface area contributed by atoms with Crippen LogP contribution >= 0.6 is 11.6 Å². The summed E-state index contributed by atoms with van der Waals surface area (Å²) >= 11 is 5.90. The van der Waals surface area contributed by atoms with E-state index >= 15 is 0 Å². The third-order valence-corrected chi connectivity index (χ3v) is 3.75. The van der Waals surface area contributed by atoms with Gasteiger partial charge >= 0.3 is 0 Å². The molecule has 0 saturated heterocycles. The number of rotatable bonds is 5. The fraction of sp³-hybridized carbons (Fsp3) is 0.294. The Balaban J connectivity index is 2.11. The van der Waals surface area contributed by atoms with E-state index in [4.69, 9.17) is 17.3 Å². The first kappa shape index (κ1) is 14.1. The molecule has 0 amide bonds. The molecule has 2 N–H and O–H groups in total. The monoisotopic (exact) mass is 273 g/mol. The van der Waals surface area contributed by atoms with Gasteiger partial charge in [-0.2, -0.15) is 0 Å². The van der Waals surface area contributed by atoms with Crippen LogP contribution in [0.5, 0.6) is 0 Å². The highest BCUT2D eigenvalue weighted by Gasteiger charge is 2.05. The Labute approximate surface area is 120 Å². The first-order chi connectivity index (χ1) is 9.20. The predicted molar refractivity (Wildman–Crippen MR) is 83.6 cm³/mol. The summed E-state index contributed by atoms with van der Waals surface area (Å²) < 4.78 is 0. The van der Waals surface area contributed by atoms with Crippen LogP contribution in [0.2, 0.25) is 5.02 Å². The van der Waals surface area contributed by atoms with Crippen molar-refractivity contribution in [2.75, 3.05) is 6.54 Å². The summed E-state index contributed by atoms with van der Waals surface area (Å²) in [5, 5.41) is 0.774. The molecule has 0 aliphatic carbocycles. The molecule has 0 aromatic heterocycles. The van der Waals surface area contributed by atoms with Crippen LogP contribution in [-0.2, 0) is 0 Å². The maximum Gasteiger partial charge on any atom is 0.0406 e. The van der Waals surface area contributed by atoms with Crippen molar-refractivity contribution >= 4 is 11.6 Å². The van der Waals surface area contributed by atoms with E-state index in [9.17, 15) is 0 Å². The van der Waals surface area contributed by atoms with E-state index in [1.54, 1.807) is 0 Å². The molecule has 1 atom stereocenters. The van der Waals surface area contributed by atoms with Gasteiger partial charge in [-0.15, -0.1) is 0 Å². The molecule has 0 aliphatic rings. The third kappa shape index (κ3) is 3.82. The van der Waals surface area contributed by atoms with E-state index in [2.05, 4.69) is 43.3 Å². The van der Waals surface area contributed by atoms with Crippen molar-refractivity contribution in [3.63, 3.8) is 0 Å². The highest BCUT2D eigenvalue weighted by molar-refractivity contribution is 6.30. The Kier molecular flexibility index (Phi) is 5.00. The molecule has 0 aliphatic heterocycles. The van der Waals surface area contributed by atoms with Crippen LogP contribution in [0.4, 0.5) is 0 Å². The zero-order valence-electron chi connectivity index (χ0n) is 11.3. The molecular weight excluding hydrogens is 254 g/mol. The van der Waals surface area contributed by atoms with E-state index in [0.29, 0.717) is 5.92 Å². The predicted octanol–water partition coefficient (Wildman–Crippen LogP) is 4.85. The third-order valence-electron chi connectivity index (χ3n) is 3.50. The van der Waals surface area contributed by atoms with E-state index in [0.717, 1.165) is 24.4 Å². The second-order valence-corrected chi connectivity index (χ2v) is 5.40. The molecule has 1 nitrogen and oxygen atoms in total. The van der Waals surface area contributed by atoms with Crippen molar-refractivity contribution in [1.82, 2.24) is 0 Å². The van der Waals surface area contributed by atoms with Gasteiger partial charge in [0, 0.05) is 5.02 Å². The molecule has 100 valence electrons. The molecule has 1 unspecified atom stereocenters. The zero-order chi connectivity index (χ0) is 13.7. The summed E-state index contributed by atoms with van der Waals surface area (Å²) in [5.74, 6) is 0.572. The van der Waals surface area contributed by atoms with Crippen molar-refractivity contribution in [2.24, 2.45) is 5.73 Å². The largest absolute Gasteiger partial charge is 0.330 e. The Hall–Kier alpha value is -1.31. The molecule has 0 radical (unpaired) electrons. The second kappa shape index (κ2) is 6.74. The van der Waals surface area contributed by atoms with Gasteiger partial charge in [0.2, 0.25) is 0 Å². The van der Waals surface area contributed by atoms with Crippen LogP contribution in [0.15, 0.2) is 48.5 Å². The lowest BCUT2D eigenvalue weighted by Crippen LogP contribution is -2.01. The van der Waals surface area contributed by atoms with Gasteiger partial charge in [0.1, 0.15) is 0 Å². The van der Waals surface area contributed by atoms with Gasteiger partial charge in [-0.05, 0) is 54.1 Å². The smallest absolute Gasteiger partial charge is 0.0406 e. The van der Waals surface area contributed by atoms with Gasteiger partial charge in [0.05, 0.1) is 0 Å². The quantitative estimate of drug-likeness (QED) is 0.828. The van der Waals surface area contributed by atoms with Gasteiger partial charge in [-0.3, -0.25) is 0 Å². The van der Waals surface area contributed by atoms with Gasteiger partial charge < -0.3 is 5.73 Å². The fourth-order valence-corrected chi connectivity index (χ4v) is 2.36. The minimum atomic E-state index is 0.572. The lowest BCUT2D eigenvalue weighted by molar-refractivity contribution is 0.641. The molecule has 0 bridgehead atoms. The highest BCUT2D eigenvalue weighted by Crippen LogP contribution is 2.25. The number of hydrogen-bond acceptors (Lipinski definition) is 1. The maximum atomic E-state index is 5.90. The Morgan fingerprint density at radius 3 is 2.00 bits per heavy atom. The van der Waals surface area contributed by atoms with Crippen LogP contribution in [0.1, 0.15) is 31.2 Å². The van der Waals surface area contributed by atoms with Crippen molar-refractivity contribution in [3.05, 3.63) is 59.1 Å². The molecule has 0 heterocycles. The lowest BCUT2D eigenvalue weighted by atomic mass is 9.94.